The third-order valence-corrected chi connectivity index (χ3v) is 5.67. The summed E-state index contributed by atoms with van der Waals surface area (Å²) in [6.45, 7) is 0.744. The van der Waals surface area contributed by atoms with Crippen molar-refractivity contribution in [2.24, 2.45) is 0 Å². The average Bonchev–Trinajstić information content (AvgIpc) is 3.29. The lowest BCUT2D eigenvalue weighted by atomic mass is 9.90. The molecule has 1 atom stereocenters. The Balaban J connectivity index is 1.44. The van der Waals surface area contributed by atoms with Gasteiger partial charge >= 0.3 is 0 Å². The maximum atomic E-state index is 12.6. The molecule has 0 bridgehead atoms. The number of rotatable bonds is 10. The fraction of sp³-hybridized carbons (Fsp3) is 0.222. The van der Waals surface area contributed by atoms with Gasteiger partial charge in [0.1, 0.15) is 5.75 Å². The zero-order valence-corrected chi connectivity index (χ0v) is 18.8. The van der Waals surface area contributed by atoms with Gasteiger partial charge in [-0.05, 0) is 41.5 Å². The molecule has 170 valence electrons. The van der Waals surface area contributed by atoms with Crippen molar-refractivity contribution >= 4 is 16.8 Å². The maximum absolute atomic E-state index is 12.6. The Labute approximate surface area is 193 Å². The number of carbonyl (C=O) groups is 1. The summed E-state index contributed by atoms with van der Waals surface area (Å²) in [4.78, 5) is 15.9. The van der Waals surface area contributed by atoms with Gasteiger partial charge < -0.3 is 24.5 Å². The van der Waals surface area contributed by atoms with Gasteiger partial charge in [0, 0.05) is 29.6 Å². The second kappa shape index (κ2) is 10.6. The molecule has 1 amide bonds. The van der Waals surface area contributed by atoms with Gasteiger partial charge in [-0.15, -0.1) is 0 Å². The number of hydrogen-bond donors (Lipinski definition) is 2. The Bertz CT molecular complexity index is 1200. The number of H-pyrrole nitrogens is 1. The number of nitrogens with one attached hydrogen (secondary N) is 2. The molecule has 0 aliphatic carbocycles. The molecule has 4 aromatic rings. The van der Waals surface area contributed by atoms with Crippen LogP contribution in [0.15, 0.2) is 79.0 Å². The zero-order valence-electron chi connectivity index (χ0n) is 18.8. The molecule has 1 aromatic heterocycles. The Morgan fingerprint density at radius 1 is 0.909 bits per heavy atom. The second-order valence-corrected chi connectivity index (χ2v) is 7.67. The highest BCUT2D eigenvalue weighted by atomic mass is 16.5. The van der Waals surface area contributed by atoms with Gasteiger partial charge in [0.25, 0.3) is 0 Å². The topological polar surface area (TPSA) is 72.6 Å². The van der Waals surface area contributed by atoms with Crippen molar-refractivity contribution in [2.75, 3.05) is 27.4 Å². The number of methoxy groups -OCH3 is 2. The smallest absolute Gasteiger partial charge is 0.223 e. The highest BCUT2D eigenvalue weighted by Crippen LogP contribution is 2.31. The van der Waals surface area contributed by atoms with Crippen LogP contribution < -0.4 is 19.5 Å². The molecule has 0 aliphatic heterocycles. The molecule has 0 radical (unpaired) electrons. The number of aromatic nitrogens is 1. The number of aromatic amines is 1. The third kappa shape index (κ3) is 5.29. The van der Waals surface area contributed by atoms with E-state index in [1.807, 2.05) is 66.9 Å². The molecule has 2 N–H and O–H groups in total. The summed E-state index contributed by atoms with van der Waals surface area (Å²) in [5.41, 5.74) is 3.31. The molecule has 1 unspecified atom stereocenters. The van der Waals surface area contributed by atoms with Crippen LogP contribution in [0.25, 0.3) is 10.9 Å². The van der Waals surface area contributed by atoms with Gasteiger partial charge in [-0.2, -0.15) is 0 Å². The maximum Gasteiger partial charge on any atom is 0.223 e. The molecule has 3 aromatic carbocycles. The van der Waals surface area contributed by atoms with Gasteiger partial charge in [-0.1, -0.05) is 42.5 Å². The third-order valence-electron chi connectivity index (χ3n) is 5.67. The van der Waals surface area contributed by atoms with Crippen molar-refractivity contribution in [3.63, 3.8) is 0 Å². The van der Waals surface area contributed by atoms with Crippen LogP contribution in [-0.2, 0) is 4.79 Å². The molecule has 0 saturated heterocycles. The molecule has 6 nitrogen and oxygen atoms in total. The Morgan fingerprint density at radius 2 is 1.64 bits per heavy atom. The first-order valence-corrected chi connectivity index (χ1v) is 10.9. The SMILES string of the molecule is COc1ccc(C(CNC(=O)CCOc2ccccc2OC)c2c[nH]c3ccccc23)cc1. The molecule has 33 heavy (non-hydrogen) atoms. The minimum Gasteiger partial charge on any atom is -0.497 e. The van der Waals surface area contributed by atoms with Crippen LogP contribution in [0.5, 0.6) is 17.2 Å². The molecule has 4 rings (SSSR count). The van der Waals surface area contributed by atoms with E-state index in [1.165, 1.54) is 0 Å². The number of hydrogen-bond acceptors (Lipinski definition) is 4. The number of fused-ring (bicyclic) bond motifs is 1. The van der Waals surface area contributed by atoms with Gasteiger partial charge in [0.2, 0.25) is 5.91 Å². The second-order valence-electron chi connectivity index (χ2n) is 7.67. The van der Waals surface area contributed by atoms with Crippen molar-refractivity contribution in [1.29, 1.82) is 0 Å². The van der Waals surface area contributed by atoms with Crippen LogP contribution in [0.1, 0.15) is 23.5 Å². The summed E-state index contributed by atoms with van der Waals surface area (Å²) >= 11 is 0. The lowest BCUT2D eigenvalue weighted by Crippen LogP contribution is -2.29. The molecule has 1 heterocycles. The highest BCUT2D eigenvalue weighted by molar-refractivity contribution is 5.84. The number of para-hydroxylation sites is 3. The van der Waals surface area contributed by atoms with Crippen LogP contribution in [-0.4, -0.2) is 38.3 Å². The van der Waals surface area contributed by atoms with Gasteiger partial charge in [-0.3, -0.25) is 4.79 Å². The Morgan fingerprint density at radius 3 is 2.39 bits per heavy atom. The molecular formula is C27H28N2O4. The minimum atomic E-state index is -0.0664. The van der Waals surface area contributed by atoms with Crippen LogP contribution in [0.4, 0.5) is 0 Å². The first-order valence-electron chi connectivity index (χ1n) is 10.9. The minimum absolute atomic E-state index is 0.00820. The van der Waals surface area contributed by atoms with E-state index in [1.54, 1.807) is 14.2 Å². The first kappa shape index (κ1) is 22.3. The predicted molar refractivity (Wildman–Crippen MR) is 129 cm³/mol. The van der Waals surface area contributed by atoms with E-state index in [2.05, 4.69) is 22.4 Å². The van der Waals surface area contributed by atoms with Gasteiger partial charge in [-0.25, -0.2) is 0 Å². The van der Waals surface area contributed by atoms with Crippen LogP contribution in [0, 0.1) is 0 Å². The van der Waals surface area contributed by atoms with Gasteiger partial charge in [0.15, 0.2) is 11.5 Å². The van der Waals surface area contributed by atoms with Crippen molar-refractivity contribution in [3.05, 3.63) is 90.1 Å². The predicted octanol–water partition coefficient (Wildman–Crippen LogP) is 4.90. The fourth-order valence-electron chi connectivity index (χ4n) is 3.92. The summed E-state index contributed by atoms with van der Waals surface area (Å²) in [5, 5.41) is 4.23. The normalized spacial score (nSPS) is 11.7. The average molecular weight is 445 g/mol. The number of carbonyl (C=O) groups excluding carboxylic acids is 1. The Kier molecular flexibility index (Phi) is 7.15. The molecule has 0 aliphatic rings. The zero-order chi connectivity index (χ0) is 23.0. The van der Waals surface area contributed by atoms with Crippen molar-refractivity contribution in [2.45, 2.75) is 12.3 Å². The first-order chi connectivity index (χ1) is 16.2. The standard InChI is InChI=1S/C27H28N2O4/c1-31-20-13-11-19(12-14-20)22(23-18-28-24-8-4-3-7-21(23)24)17-29-27(30)15-16-33-26-10-6-5-9-25(26)32-2/h3-14,18,22,28H,15-17H2,1-2H3,(H,29,30). The Hall–Kier alpha value is -3.93. The van der Waals surface area contributed by atoms with E-state index in [9.17, 15) is 4.79 Å². The summed E-state index contributed by atoms with van der Waals surface area (Å²) in [6, 6.07) is 23.6. The summed E-state index contributed by atoms with van der Waals surface area (Å²) in [5.74, 6) is 2.00. The number of amides is 1. The highest BCUT2D eigenvalue weighted by Gasteiger charge is 2.19. The summed E-state index contributed by atoms with van der Waals surface area (Å²) in [7, 11) is 3.25. The van der Waals surface area contributed by atoms with Gasteiger partial charge in [0.05, 0.1) is 27.2 Å². The van der Waals surface area contributed by atoms with Crippen molar-refractivity contribution < 1.29 is 19.0 Å². The van der Waals surface area contributed by atoms with E-state index in [0.29, 0.717) is 18.0 Å². The summed E-state index contributed by atoms with van der Waals surface area (Å²) in [6.07, 6.45) is 2.28. The number of benzene rings is 3. The van der Waals surface area contributed by atoms with Crippen molar-refractivity contribution in [1.82, 2.24) is 10.3 Å². The molecule has 0 spiro atoms. The molecule has 0 saturated carbocycles. The van der Waals surface area contributed by atoms with Crippen LogP contribution in [0.3, 0.4) is 0 Å². The summed E-state index contributed by atoms with van der Waals surface area (Å²) < 4.78 is 16.3. The van der Waals surface area contributed by atoms with Crippen molar-refractivity contribution in [3.8, 4) is 17.2 Å². The van der Waals surface area contributed by atoms with E-state index < -0.39 is 0 Å². The largest absolute Gasteiger partial charge is 0.497 e. The quantitative estimate of drug-likeness (QED) is 0.365. The van der Waals surface area contributed by atoms with E-state index >= 15 is 0 Å². The van der Waals surface area contributed by atoms with E-state index in [-0.39, 0.29) is 24.9 Å². The lowest BCUT2D eigenvalue weighted by molar-refractivity contribution is -0.121. The fourth-order valence-corrected chi connectivity index (χ4v) is 3.92. The molecule has 0 fully saturated rings. The molecule has 6 heteroatoms. The monoisotopic (exact) mass is 444 g/mol. The van der Waals surface area contributed by atoms with E-state index in [4.69, 9.17) is 14.2 Å². The number of ether oxygens (including phenoxy) is 3. The molecular weight excluding hydrogens is 416 g/mol. The van der Waals surface area contributed by atoms with E-state index in [0.717, 1.165) is 27.8 Å². The van der Waals surface area contributed by atoms with Crippen LogP contribution >= 0.6 is 0 Å². The lowest BCUT2D eigenvalue weighted by Gasteiger charge is -2.19. The van der Waals surface area contributed by atoms with Crippen LogP contribution in [0.2, 0.25) is 0 Å².